The quantitative estimate of drug-likeness (QED) is 0.938. The number of anilines is 1. The van der Waals surface area contributed by atoms with Crippen molar-refractivity contribution in [3.63, 3.8) is 0 Å². The number of Topliss-reactive ketones (excluding diaryl/α,β-unsaturated/α-hetero) is 1. The van der Waals surface area contributed by atoms with Gasteiger partial charge in [0, 0.05) is 22.7 Å². The van der Waals surface area contributed by atoms with Gasteiger partial charge < -0.3 is 5.73 Å². The molecule has 0 amide bonds. The molecule has 1 heterocycles. The average molecular weight is 329 g/mol. The van der Waals surface area contributed by atoms with Crippen LogP contribution >= 0.6 is 27.3 Å². The maximum Gasteiger partial charge on any atom is 0.180 e. The minimum Gasteiger partial charge on any atom is -0.375 e. The second-order valence-corrected chi connectivity index (χ2v) is 5.55. The van der Waals surface area contributed by atoms with Crippen molar-refractivity contribution in [3.05, 3.63) is 45.1 Å². The summed E-state index contributed by atoms with van der Waals surface area (Å²) in [5.74, 6) is -0.370. The molecule has 2 N–H and O–H groups in total. The topological polar surface area (TPSA) is 56.0 Å². The van der Waals surface area contributed by atoms with Crippen LogP contribution in [0, 0.1) is 5.82 Å². The lowest BCUT2D eigenvalue weighted by Gasteiger charge is -2.03. The van der Waals surface area contributed by atoms with Gasteiger partial charge in [0.15, 0.2) is 5.13 Å². The van der Waals surface area contributed by atoms with E-state index in [0.29, 0.717) is 16.4 Å². The predicted molar refractivity (Wildman–Crippen MR) is 73.0 cm³/mol. The van der Waals surface area contributed by atoms with E-state index in [1.165, 1.54) is 23.5 Å². The Morgan fingerprint density at radius 1 is 1.44 bits per heavy atom. The molecule has 2 rings (SSSR count). The van der Waals surface area contributed by atoms with Crippen LogP contribution in [-0.2, 0) is 17.6 Å². The van der Waals surface area contributed by atoms with E-state index in [2.05, 4.69) is 20.9 Å². The molecule has 0 radical (unpaired) electrons. The molecule has 0 fully saturated rings. The molecule has 6 heteroatoms. The predicted octanol–water partition coefficient (Wildman–Crippen LogP) is 2.98. The summed E-state index contributed by atoms with van der Waals surface area (Å²) in [4.78, 5) is 15.9. The van der Waals surface area contributed by atoms with Gasteiger partial charge in [-0.1, -0.05) is 15.9 Å². The first-order valence-corrected chi connectivity index (χ1v) is 6.87. The highest BCUT2D eigenvalue weighted by Gasteiger charge is 2.10. The molecule has 18 heavy (non-hydrogen) atoms. The molecule has 0 saturated carbocycles. The van der Waals surface area contributed by atoms with Crippen LogP contribution in [0.15, 0.2) is 28.1 Å². The number of rotatable bonds is 4. The van der Waals surface area contributed by atoms with Crippen molar-refractivity contribution in [1.29, 1.82) is 0 Å². The van der Waals surface area contributed by atoms with Crippen LogP contribution in [0.1, 0.15) is 11.3 Å². The first-order valence-electron chi connectivity index (χ1n) is 5.20. The first kappa shape index (κ1) is 13.2. The summed E-state index contributed by atoms with van der Waals surface area (Å²) in [6, 6.07) is 4.30. The first-order chi connectivity index (χ1) is 8.54. The van der Waals surface area contributed by atoms with Crippen LogP contribution < -0.4 is 5.73 Å². The molecule has 0 bridgehead atoms. The number of hydrogen-bond acceptors (Lipinski definition) is 4. The lowest BCUT2D eigenvalue weighted by Crippen LogP contribution is -2.07. The molecule has 0 aliphatic rings. The zero-order valence-electron chi connectivity index (χ0n) is 9.32. The number of carbonyl (C=O) groups is 1. The Labute approximate surface area is 116 Å². The van der Waals surface area contributed by atoms with E-state index in [-0.39, 0.29) is 24.4 Å². The van der Waals surface area contributed by atoms with Gasteiger partial charge in [-0.2, -0.15) is 0 Å². The second kappa shape index (κ2) is 5.58. The molecule has 1 aromatic carbocycles. The van der Waals surface area contributed by atoms with Crippen LogP contribution in [0.3, 0.4) is 0 Å². The monoisotopic (exact) mass is 328 g/mol. The van der Waals surface area contributed by atoms with Crippen molar-refractivity contribution in [3.8, 4) is 0 Å². The summed E-state index contributed by atoms with van der Waals surface area (Å²) in [6.45, 7) is 0. The third kappa shape index (κ3) is 3.36. The molecule has 3 nitrogen and oxygen atoms in total. The molecule has 0 atom stereocenters. The van der Waals surface area contributed by atoms with Crippen molar-refractivity contribution >= 4 is 38.2 Å². The average Bonchev–Trinajstić information content (AvgIpc) is 2.69. The molecule has 0 unspecified atom stereocenters. The fourth-order valence-corrected chi connectivity index (χ4v) is 2.51. The van der Waals surface area contributed by atoms with E-state index in [1.807, 2.05) is 0 Å². The number of ketones is 1. The van der Waals surface area contributed by atoms with Gasteiger partial charge in [0.2, 0.25) is 0 Å². The third-order valence-corrected chi connectivity index (χ3v) is 3.84. The van der Waals surface area contributed by atoms with E-state index in [0.717, 1.165) is 4.47 Å². The molecule has 94 valence electrons. The smallest absolute Gasteiger partial charge is 0.180 e. The fourth-order valence-electron chi connectivity index (χ4n) is 1.56. The van der Waals surface area contributed by atoms with Gasteiger partial charge in [0.05, 0.1) is 5.69 Å². The highest BCUT2D eigenvalue weighted by molar-refractivity contribution is 9.10. The normalized spacial score (nSPS) is 10.6. The van der Waals surface area contributed by atoms with E-state index < -0.39 is 0 Å². The molecular formula is C12H10BrFN2OS. The van der Waals surface area contributed by atoms with Gasteiger partial charge in [-0.3, -0.25) is 4.79 Å². The Morgan fingerprint density at radius 3 is 2.89 bits per heavy atom. The van der Waals surface area contributed by atoms with Gasteiger partial charge in [-0.15, -0.1) is 11.3 Å². The highest BCUT2D eigenvalue weighted by atomic mass is 79.9. The van der Waals surface area contributed by atoms with Crippen LogP contribution in [-0.4, -0.2) is 10.8 Å². The van der Waals surface area contributed by atoms with Crippen LogP contribution in [0.2, 0.25) is 0 Å². The number of thiazole rings is 1. The highest BCUT2D eigenvalue weighted by Crippen LogP contribution is 2.19. The minimum absolute atomic E-state index is 0.0217. The number of halogens is 2. The van der Waals surface area contributed by atoms with Gasteiger partial charge >= 0.3 is 0 Å². The Bertz CT molecular complexity index is 585. The van der Waals surface area contributed by atoms with Gasteiger partial charge in [0.1, 0.15) is 11.6 Å². The number of nitrogens with two attached hydrogens (primary N) is 1. The number of carbonyl (C=O) groups excluding carboxylic acids is 1. The van der Waals surface area contributed by atoms with Gasteiger partial charge in [-0.25, -0.2) is 9.37 Å². The zero-order valence-corrected chi connectivity index (χ0v) is 11.7. The van der Waals surface area contributed by atoms with Crippen molar-refractivity contribution in [1.82, 2.24) is 4.98 Å². The largest absolute Gasteiger partial charge is 0.375 e. The van der Waals surface area contributed by atoms with E-state index in [1.54, 1.807) is 11.4 Å². The lowest BCUT2D eigenvalue weighted by atomic mass is 10.1. The van der Waals surface area contributed by atoms with Crippen molar-refractivity contribution < 1.29 is 9.18 Å². The maximum atomic E-state index is 13.1. The number of hydrogen-bond donors (Lipinski definition) is 1. The van der Waals surface area contributed by atoms with E-state index >= 15 is 0 Å². The summed E-state index contributed by atoms with van der Waals surface area (Å²) in [6.07, 6.45) is 0.395. The minimum atomic E-state index is -0.348. The lowest BCUT2D eigenvalue weighted by molar-refractivity contribution is -0.117. The molecule has 2 aromatic rings. The second-order valence-electron chi connectivity index (χ2n) is 3.81. The third-order valence-electron chi connectivity index (χ3n) is 2.34. The summed E-state index contributed by atoms with van der Waals surface area (Å²) < 4.78 is 13.8. The van der Waals surface area contributed by atoms with Crippen LogP contribution in [0.5, 0.6) is 0 Å². The van der Waals surface area contributed by atoms with Crippen molar-refractivity contribution in [2.45, 2.75) is 12.8 Å². The fraction of sp³-hybridized carbons (Fsp3) is 0.167. The Balaban J connectivity index is 2.05. The maximum absolute atomic E-state index is 13.1. The number of benzene rings is 1. The Kier molecular flexibility index (Phi) is 4.08. The van der Waals surface area contributed by atoms with E-state index in [9.17, 15) is 9.18 Å². The standard InChI is InChI=1S/C12H10BrFN2OS/c13-11-2-1-8(14)3-7(11)4-10(17)5-9-6-18-12(15)16-9/h1-3,6H,4-5H2,(H2,15,16). The molecule has 0 spiro atoms. The zero-order chi connectivity index (χ0) is 13.1. The summed E-state index contributed by atoms with van der Waals surface area (Å²) in [5, 5.41) is 2.21. The van der Waals surface area contributed by atoms with Gasteiger partial charge in [-0.05, 0) is 23.8 Å². The summed E-state index contributed by atoms with van der Waals surface area (Å²) in [7, 11) is 0. The Hall–Kier alpha value is -1.27. The Morgan fingerprint density at radius 2 is 2.22 bits per heavy atom. The molecule has 0 saturated heterocycles. The van der Waals surface area contributed by atoms with Crippen LogP contribution in [0.25, 0.3) is 0 Å². The van der Waals surface area contributed by atoms with Crippen LogP contribution in [0.4, 0.5) is 9.52 Å². The van der Waals surface area contributed by atoms with Crippen molar-refractivity contribution in [2.75, 3.05) is 5.73 Å². The number of nitrogens with zero attached hydrogens (tertiary/aromatic N) is 1. The number of aromatic nitrogens is 1. The van der Waals surface area contributed by atoms with E-state index in [4.69, 9.17) is 5.73 Å². The summed E-state index contributed by atoms with van der Waals surface area (Å²) >= 11 is 4.60. The SMILES string of the molecule is Nc1nc(CC(=O)Cc2cc(F)ccc2Br)cs1. The van der Waals surface area contributed by atoms with Crippen molar-refractivity contribution in [2.24, 2.45) is 0 Å². The van der Waals surface area contributed by atoms with Gasteiger partial charge in [0.25, 0.3) is 0 Å². The molecular weight excluding hydrogens is 319 g/mol. The molecule has 0 aliphatic heterocycles. The molecule has 1 aromatic heterocycles. The molecule has 0 aliphatic carbocycles. The summed E-state index contributed by atoms with van der Waals surface area (Å²) in [5.41, 5.74) is 6.79. The number of nitrogen functional groups attached to an aromatic ring is 1.